The van der Waals surface area contributed by atoms with Gasteiger partial charge in [-0.05, 0) is 29.7 Å². The molecule has 0 amide bonds. The molecule has 0 atom stereocenters. The highest BCUT2D eigenvalue weighted by molar-refractivity contribution is 5.44. The predicted octanol–water partition coefficient (Wildman–Crippen LogP) is 4.03. The van der Waals surface area contributed by atoms with E-state index >= 15 is 0 Å². The second kappa shape index (κ2) is 5.90. The van der Waals surface area contributed by atoms with Crippen LogP contribution in [0.4, 0.5) is 5.69 Å². The highest BCUT2D eigenvalue weighted by atomic mass is 14.9. The third-order valence-corrected chi connectivity index (χ3v) is 2.74. The summed E-state index contributed by atoms with van der Waals surface area (Å²) in [6, 6.07) is 18.7. The lowest BCUT2D eigenvalue weighted by atomic mass is 10.0. The zero-order valence-electron chi connectivity index (χ0n) is 9.89. The summed E-state index contributed by atoms with van der Waals surface area (Å²) in [5.41, 5.74) is 3.82. The Balaban J connectivity index is 2.06. The molecule has 0 radical (unpaired) electrons. The van der Waals surface area contributed by atoms with E-state index in [1.54, 1.807) is 0 Å². The molecule has 0 fully saturated rings. The normalized spacial score (nSPS) is 9.88. The highest BCUT2D eigenvalue weighted by Crippen LogP contribution is 2.13. The van der Waals surface area contributed by atoms with E-state index in [2.05, 4.69) is 48.3 Å². The first-order valence-corrected chi connectivity index (χ1v) is 5.87. The minimum Gasteiger partial charge on any atom is -0.381 e. The van der Waals surface area contributed by atoms with E-state index in [4.69, 9.17) is 0 Å². The fourth-order valence-corrected chi connectivity index (χ4v) is 1.84. The highest BCUT2D eigenvalue weighted by Gasteiger charge is 1.99. The molecule has 17 heavy (non-hydrogen) atoms. The van der Waals surface area contributed by atoms with Crippen LogP contribution in [0.15, 0.2) is 67.3 Å². The van der Waals surface area contributed by atoms with Gasteiger partial charge < -0.3 is 5.32 Å². The third-order valence-electron chi connectivity index (χ3n) is 2.74. The van der Waals surface area contributed by atoms with Crippen molar-refractivity contribution in [1.82, 2.24) is 0 Å². The Labute approximate surface area is 103 Å². The average Bonchev–Trinajstić information content (AvgIpc) is 2.39. The van der Waals surface area contributed by atoms with Crippen LogP contribution in [0.1, 0.15) is 11.1 Å². The Bertz CT molecular complexity index is 474. The number of para-hydroxylation sites is 1. The van der Waals surface area contributed by atoms with Crippen molar-refractivity contribution >= 4 is 5.69 Å². The number of allylic oxidation sites excluding steroid dienone is 1. The number of hydrogen-bond donors (Lipinski definition) is 1. The van der Waals surface area contributed by atoms with Crippen LogP contribution in [0.3, 0.4) is 0 Å². The van der Waals surface area contributed by atoms with Gasteiger partial charge in [-0.3, -0.25) is 0 Å². The van der Waals surface area contributed by atoms with Crippen molar-refractivity contribution in [3.63, 3.8) is 0 Å². The Hall–Kier alpha value is -2.02. The lowest BCUT2D eigenvalue weighted by Crippen LogP contribution is -2.02. The summed E-state index contributed by atoms with van der Waals surface area (Å²) >= 11 is 0. The van der Waals surface area contributed by atoms with Crippen molar-refractivity contribution in [2.24, 2.45) is 0 Å². The fourth-order valence-electron chi connectivity index (χ4n) is 1.84. The molecule has 0 aromatic heterocycles. The number of benzene rings is 2. The maximum Gasteiger partial charge on any atom is 0.0403 e. The minimum absolute atomic E-state index is 0.855. The third kappa shape index (κ3) is 3.22. The number of anilines is 1. The Kier molecular flexibility index (Phi) is 3.98. The minimum atomic E-state index is 0.855. The quantitative estimate of drug-likeness (QED) is 0.755. The first-order valence-electron chi connectivity index (χ1n) is 5.87. The van der Waals surface area contributed by atoms with Gasteiger partial charge in [0.25, 0.3) is 0 Å². The molecule has 0 bridgehead atoms. The Morgan fingerprint density at radius 1 is 0.882 bits per heavy atom. The van der Waals surface area contributed by atoms with Crippen LogP contribution in [0.2, 0.25) is 0 Å². The van der Waals surface area contributed by atoms with Gasteiger partial charge in [0.1, 0.15) is 0 Å². The summed E-state index contributed by atoms with van der Waals surface area (Å²) in [5, 5.41) is 3.43. The molecule has 0 spiro atoms. The molecule has 1 nitrogen and oxygen atoms in total. The second-order valence-corrected chi connectivity index (χ2v) is 3.98. The summed E-state index contributed by atoms with van der Waals surface area (Å²) < 4.78 is 0. The second-order valence-electron chi connectivity index (χ2n) is 3.98. The Morgan fingerprint density at radius 3 is 2.24 bits per heavy atom. The van der Waals surface area contributed by atoms with Crippen LogP contribution in [0, 0.1) is 0 Å². The molecule has 86 valence electrons. The van der Waals surface area contributed by atoms with Crippen LogP contribution in [-0.4, -0.2) is 0 Å². The topological polar surface area (TPSA) is 12.0 Å². The summed E-state index contributed by atoms with van der Waals surface area (Å²) in [6.07, 6.45) is 2.87. The van der Waals surface area contributed by atoms with E-state index in [0.717, 1.165) is 18.7 Å². The molecule has 0 heterocycles. The zero-order chi connectivity index (χ0) is 11.9. The van der Waals surface area contributed by atoms with Gasteiger partial charge in [0.2, 0.25) is 0 Å². The van der Waals surface area contributed by atoms with Gasteiger partial charge in [0, 0.05) is 12.2 Å². The van der Waals surface area contributed by atoms with Gasteiger partial charge in [0.15, 0.2) is 0 Å². The number of nitrogens with one attached hydrogen (secondary N) is 1. The van der Waals surface area contributed by atoms with Crippen LogP contribution < -0.4 is 5.32 Å². The molecule has 0 aliphatic heterocycles. The number of rotatable bonds is 5. The van der Waals surface area contributed by atoms with Crippen molar-refractivity contribution in [2.75, 3.05) is 5.32 Å². The number of hydrogen-bond acceptors (Lipinski definition) is 1. The largest absolute Gasteiger partial charge is 0.381 e. The maximum atomic E-state index is 3.79. The molecule has 0 aliphatic rings. The smallest absolute Gasteiger partial charge is 0.0403 e. The monoisotopic (exact) mass is 223 g/mol. The van der Waals surface area contributed by atoms with E-state index in [0.29, 0.717) is 0 Å². The SMILES string of the molecule is C=CCc1ccccc1CNc1ccccc1. The molecule has 0 unspecified atom stereocenters. The molecule has 1 heteroatoms. The van der Waals surface area contributed by atoms with Crippen LogP contribution >= 0.6 is 0 Å². The summed E-state index contributed by atoms with van der Waals surface area (Å²) in [7, 11) is 0. The van der Waals surface area contributed by atoms with Gasteiger partial charge in [-0.1, -0.05) is 48.5 Å². The first kappa shape index (κ1) is 11.5. The molecular formula is C16H17N. The van der Waals surface area contributed by atoms with Crippen molar-refractivity contribution < 1.29 is 0 Å². The molecule has 2 rings (SSSR count). The molecule has 0 saturated carbocycles. The zero-order valence-corrected chi connectivity index (χ0v) is 9.89. The van der Waals surface area contributed by atoms with Gasteiger partial charge in [-0.2, -0.15) is 0 Å². The van der Waals surface area contributed by atoms with Crippen molar-refractivity contribution in [3.8, 4) is 0 Å². The van der Waals surface area contributed by atoms with Gasteiger partial charge in [0.05, 0.1) is 0 Å². The fraction of sp³-hybridized carbons (Fsp3) is 0.125. The summed E-state index contributed by atoms with van der Waals surface area (Å²) in [5.74, 6) is 0. The van der Waals surface area contributed by atoms with E-state index in [-0.39, 0.29) is 0 Å². The van der Waals surface area contributed by atoms with E-state index in [1.807, 2.05) is 24.3 Å². The molecule has 2 aromatic rings. The van der Waals surface area contributed by atoms with Crippen LogP contribution in [0.25, 0.3) is 0 Å². The summed E-state index contributed by atoms with van der Waals surface area (Å²) in [4.78, 5) is 0. The molecular weight excluding hydrogens is 206 g/mol. The van der Waals surface area contributed by atoms with Crippen LogP contribution in [0.5, 0.6) is 0 Å². The van der Waals surface area contributed by atoms with Gasteiger partial charge in [-0.25, -0.2) is 0 Å². The average molecular weight is 223 g/mol. The summed E-state index contributed by atoms with van der Waals surface area (Å²) in [6.45, 7) is 4.65. The molecule has 1 N–H and O–H groups in total. The lowest BCUT2D eigenvalue weighted by Gasteiger charge is -2.10. The van der Waals surface area contributed by atoms with Crippen LogP contribution in [-0.2, 0) is 13.0 Å². The van der Waals surface area contributed by atoms with E-state index in [1.165, 1.54) is 11.1 Å². The Morgan fingerprint density at radius 2 is 1.53 bits per heavy atom. The van der Waals surface area contributed by atoms with Crippen molar-refractivity contribution in [2.45, 2.75) is 13.0 Å². The van der Waals surface area contributed by atoms with Gasteiger partial charge in [-0.15, -0.1) is 6.58 Å². The maximum absolute atomic E-state index is 3.79. The lowest BCUT2D eigenvalue weighted by molar-refractivity contribution is 1.09. The standard InChI is InChI=1S/C16H17N/c1-2-8-14-9-6-7-10-15(14)13-17-16-11-4-3-5-12-16/h2-7,9-12,17H,1,8,13H2. The van der Waals surface area contributed by atoms with E-state index < -0.39 is 0 Å². The molecule has 0 saturated heterocycles. The van der Waals surface area contributed by atoms with Crippen molar-refractivity contribution in [3.05, 3.63) is 78.4 Å². The first-order chi connectivity index (χ1) is 8.40. The molecule has 2 aromatic carbocycles. The van der Waals surface area contributed by atoms with Gasteiger partial charge >= 0.3 is 0 Å². The predicted molar refractivity (Wildman–Crippen MR) is 74.1 cm³/mol. The van der Waals surface area contributed by atoms with Crippen molar-refractivity contribution in [1.29, 1.82) is 0 Å². The molecule has 0 aliphatic carbocycles. The van der Waals surface area contributed by atoms with E-state index in [9.17, 15) is 0 Å².